The highest BCUT2D eigenvalue weighted by molar-refractivity contribution is 5.78. The van der Waals surface area contributed by atoms with Crippen LogP contribution in [0.5, 0.6) is 0 Å². The number of rotatable bonds is 7. The van der Waals surface area contributed by atoms with Gasteiger partial charge < -0.3 is 10.2 Å². The number of hydrogen-bond donors (Lipinski definition) is 1. The molecular formula is C18H27N7O. The van der Waals surface area contributed by atoms with Gasteiger partial charge in [-0.3, -0.25) is 14.4 Å². The van der Waals surface area contributed by atoms with Gasteiger partial charge >= 0.3 is 0 Å². The molecular weight excluding hydrogens is 330 g/mol. The molecule has 1 saturated heterocycles. The summed E-state index contributed by atoms with van der Waals surface area (Å²) in [4.78, 5) is 25.0. The van der Waals surface area contributed by atoms with Crippen LogP contribution in [0, 0.1) is 13.8 Å². The Bertz CT molecular complexity index is 708. The quantitative estimate of drug-likeness (QED) is 0.732. The third kappa shape index (κ3) is 5.01. The van der Waals surface area contributed by atoms with Gasteiger partial charge in [-0.25, -0.2) is 9.97 Å². The van der Waals surface area contributed by atoms with E-state index in [4.69, 9.17) is 0 Å². The maximum absolute atomic E-state index is 12.1. The Kier molecular flexibility index (Phi) is 6.17. The molecule has 0 aliphatic carbocycles. The number of hydrogen-bond acceptors (Lipinski definition) is 6. The van der Waals surface area contributed by atoms with E-state index < -0.39 is 0 Å². The molecule has 1 amide bonds. The smallest absolute Gasteiger partial charge is 0.234 e. The van der Waals surface area contributed by atoms with Gasteiger partial charge in [0.2, 0.25) is 11.9 Å². The fraction of sp³-hybridized carbons (Fsp3) is 0.556. The largest absolute Gasteiger partial charge is 0.355 e. The first kappa shape index (κ1) is 18.3. The molecule has 26 heavy (non-hydrogen) atoms. The lowest BCUT2D eigenvalue weighted by Gasteiger charge is -2.34. The predicted octanol–water partition coefficient (Wildman–Crippen LogP) is 0.618. The minimum Gasteiger partial charge on any atom is -0.355 e. The Hall–Kier alpha value is -2.48. The highest BCUT2D eigenvalue weighted by Gasteiger charge is 2.20. The summed E-state index contributed by atoms with van der Waals surface area (Å²) in [7, 11) is 0. The van der Waals surface area contributed by atoms with Crippen LogP contribution in [0.15, 0.2) is 24.5 Å². The second-order valence-electron chi connectivity index (χ2n) is 6.67. The summed E-state index contributed by atoms with van der Waals surface area (Å²) in [6.07, 6.45) is 4.40. The summed E-state index contributed by atoms with van der Waals surface area (Å²) in [6, 6.07) is 3.89. The highest BCUT2D eigenvalue weighted by atomic mass is 16.2. The summed E-state index contributed by atoms with van der Waals surface area (Å²) < 4.78 is 1.99. The Labute approximate surface area is 154 Å². The maximum Gasteiger partial charge on any atom is 0.234 e. The van der Waals surface area contributed by atoms with Crippen LogP contribution < -0.4 is 10.2 Å². The van der Waals surface area contributed by atoms with Crippen molar-refractivity contribution < 1.29 is 4.79 Å². The minimum atomic E-state index is 0.0859. The SMILES string of the molecule is Cc1cc(C)n(CCCNC(=O)CN2CCN(c3ncccn3)CC2)n1. The second-order valence-corrected chi connectivity index (χ2v) is 6.67. The second kappa shape index (κ2) is 8.75. The van der Waals surface area contributed by atoms with Gasteiger partial charge in [-0.2, -0.15) is 5.10 Å². The Morgan fingerprint density at radius 3 is 2.54 bits per heavy atom. The lowest BCUT2D eigenvalue weighted by atomic mass is 10.3. The predicted molar refractivity (Wildman–Crippen MR) is 100 cm³/mol. The first-order valence-electron chi connectivity index (χ1n) is 9.14. The van der Waals surface area contributed by atoms with Gasteiger partial charge in [0.1, 0.15) is 0 Å². The molecule has 8 heteroatoms. The molecule has 140 valence electrons. The van der Waals surface area contributed by atoms with E-state index in [1.54, 1.807) is 12.4 Å². The summed E-state index contributed by atoms with van der Waals surface area (Å²) >= 11 is 0. The topological polar surface area (TPSA) is 79.2 Å². The molecule has 0 aromatic carbocycles. The number of aryl methyl sites for hydroxylation is 3. The van der Waals surface area contributed by atoms with E-state index in [-0.39, 0.29) is 5.91 Å². The van der Waals surface area contributed by atoms with E-state index in [2.05, 4.69) is 43.2 Å². The van der Waals surface area contributed by atoms with E-state index in [0.29, 0.717) is 13.1 Å². The maximum atomic E-state index is 12.1. The van der Waals surface area contributed by atoms with Crippen molar-refractivity contribution in [2.24, 2.45) is 0 Å². The van der Waals surface area contributed by atoms with Crippen LogP contribution in [0.4, 0.5) is 5.95 Å². The van der Waals surface area contributed by atoms with Crippen LogP contribution in [-0.4, -0.2) is 69.8 Å². The number of carbonyl (C=O) groups excluding carboxylic acids is 1. The summed E-state index contributed by atoms with van der Waals surface area (Å²) in [5, 5.41) is 7.44. The molecule has 1 N–H and O–H groups in total. The van der Waals surface area contributed by atoms with Crippen LogP contribution in [0.1, 0.15) is 17.8 Å². The van der Waals surface area contributed by atoms with Gasteiger partial charge in [0, 0.05) is 57.4 Å². The monoisotopic (exact) mass is 357 g/mol. The summed E-state index contributed by atoms with van der Waals surface area (Å²) in [5.74, 6) is 0.850. The van der Waals surface area contributed by atoms with Gasteiger partial charge in [-0.1, -0.05) is 0 Å². The van der Waals surface area contributed by atoms with Gasteiger partial charge in [0.05, 0.1) is 12.2 Å². The third-order valence-electron chi connectivity index (χ3n) is 4.55. The summed E-state index contributed by atoms with van der Waals surface area (Å²) in [6.45, 7) is 9.38. The van der Waals surface area contributed by atoms with Crippen molar-refractivity contribution in [2.45, 2.75) is 26.8 Å². The number of amides is 1. The molecule has 0 bridgehead atoms. The Morgan fingerprint density at radius 1 is 1.15 bits per heavy atom. The van der Waals surface area contributed by atoms with Gasteiger partial charge in [0.15, 0.2) is 0 Å². The average Bonchev–Trinajstić information content (AvgIpc) is 2.97. The minimum absolute atomic E-state index is 0.0859. The molecule has 0 spiro atoms. The molecule has 1 aliphatic rings. The van der Waals surface area contributed by atoms with Gasteiger partial charge in [0.25, 0.3) is 0 Å². The number of carbonyl (C=O) groups is 1. The Morgan fingerprint density at radius 2 is 1.88 bits per heavy atom. The molecule has 3 rings (SSSR count). The highest BCUT2D eigenvalue weighted by Crippen LogP contribution is 2.09. The van der Waals surface area contributed by atoms with Crippen LogP contribution >= 0.6 is 0 Å². The zero-order chi connectivity index (χ0) is 18.4. The van der Waals surface area contributed by atoms with Crippen molar-refractivity contribution in [3.05, 3.63) is 35.9 Å². The van der Waals surface area contributed by atoms with Crippen LogP contribution in [-0.2, 0) is 11.3 Å². The van der Waals surface area contributed by atoms with Crippen molar-refractivity contribution in [1.29, 1.82) is 0 Å². The molecule has 1 fully saturated rings. The molecule has 0 radical (unpaired) electrons. The van der Waals surface area contributed by atoms with Crippen molar-refractivity contribution >= 4 is 11.9 Å². The first-order chi connectivity index (χ1) is 12.6. The standard InChI is InChI=1S/C18H27N7O/c1-15-13-16(2)25(22-15)8-4-7-19-17(26)14-23-9-11-24(12-10-23)18-20-5-3-6-21-18/h3,5-6,13H,4,7-12,14H2,1-2H3,(H,19,26). The normalized spacial score (nSPS) is 15.2. The zero-order valence-electron chi connectivity index (χ0n) is 15.6. The van der Waals surface area contributed by atoms with E-state index in [1.165, 1.54) is 0 Å². The molecule has 0 unspecified atom stereocenters. The number of nitrogens with one attached hydrogen (secondary N) is 1. The van der Waals surface area contributed by atoms with E-state index in [0.717, 1.165) is 56.5 Å². The van der Waals surface area contributed by atoms with Crippen LogP contribution in [0.3, 0.4) is 0 Å². The van der Waals surface area contributed by atoms with Crippen LogP contribution in [0.25, 0.3) is 0 Å². The molecule has 2 aromatic rings. The first-order valence-corrected chi connectivity index (χ1v) is 9.14. The number of aromatic nitrogens is 4. The van der Waals surface area contributed by atoms with E-state index in [9.17, 15) is 4.79 Å². The van der Waals surface area contributed by atoms with Crippen molar-refractivity contribution in [3.8, 4) is 0 Å². The van der Waals surface area contributed by atoms with Gasteiger partial charge in [-0.15, -0.1) is 0 Å². The fourth-order valence-electron chi connectivity index (χ4n) is 3.18. The zero-order valence-corrected chi connectivity index (χ0v) is 15.6. The van der Waals surface area contributed by atoms with Crippen molar-refractivity contribution in [3.63, 3.8) is 0 Å². The molecule has 8 nitrogen and oxygen atoms in total. The van der Waals surface area contributed by atoms with E-state index >= 15 is 0 Å². The molecule has 1 aliphatic heterocycles. The van der Waals surface area contributed by atoms with Crippen molar-refractivity contribution in [1.82, 2.24) is 30.0 Å². The molecule has 2 aromatic heterocycles. The molecule has 3 heterocycles. The van der Waals surface area contributed by atoms with E-state index in [1.807, 2.05) is 17.7 Å². The number of nitrogens with zero attached hydrogens (tertiary/aromatic N) is 6. The molecule has 0 atom stereocenters. The van der Waals surface area contributed by atoms with Gasteiger partial charge in [-0.05, 0) is 32.4 Å². The number of anilines is 1. The van der Waals surface area contributed by atoms with Crippen molar-refractivity contribution in [2.75, 3.05) is 44.2 Å². The summed E-state index contributed by atoms with van der Waals surface area (Å²) in [5.41, 5.74) is 2.20. The average molecular weight is 357 g/mol. The molecule has 0 saturated carbocycles. The lowest BCUT2D eigenvalue weighted by Crippen LogP contribution is -2.50. The van der Waals surface area contributed by atoms with Crippen LogP contribution in [0.2, 0.25) is 0 Å². The fourth-order valence-corrected chi connectivity index (χ4v) is 3.18. The number of piperazine rings is 1. The lowest BCUT2D eigenvalue weighted by molar-refractivity contribution is -0.122. The third-order valence-corrected chi connectivity index (χ3v) is 4.55. The Balaban J connectivity index is 1.32.